The minimum atomic E-state index is 0.363. The second-order valence-electron chi connectivity index (χ2n) is 5.07. The first kappa shape index (κ1) is 13.2. The Balaban J connectivity index is 1.88. The molecule has 0 bridgehead atoms. The van der Waals surface area contributed by atoms with E-state index in [0.717, 1.165) is 24.4 Å². The lowest BCUT2D eigenvalue weighted by molar-refractivity contribution is 0.417. The van der Waals surface area contributed by atoms with Gasteiger partial charge in [-0.3, -0.25) is 0 Å². The van der Waals surface area contributed by atoms with Gasteiger partial charge in [0.25, 0.3) is 0 Å². The topological polar surface area (TPSA) is 12.0 Å². The van der Waals surface area contributed by atoms with Crippen molar-refractivity contribution in [2.45, 2.75) is 31.7 Å². The maximum atomic E-state index is 6.34. The van der Waals surface area contributed by atoms with Gasteiger partial charge in [-0.25, -0.2) is 0 Å². The summed E-state index contributed by atoms with van der Waals surface area (Å²) in [5, 5.41) is 6.67. The average molecular weight is 292 g/mol. The Morgan fingerprint density at radius 3 is 2.89 bits per heavy atom. The second-order valence-corrected chi connectivity index (χ2v) is 6.43. The quantitative estimate of drug-likeness (QED) is 0.836. The molecule has 0 aliphatic heterocycles. The van der Waals surface area contributed by atoms with Gasteiger partial charge < -0.3 is 5.32 Å². The molecular formula is C16H18ClNS. The lowest BCUT2D eigenvalue weighted by Crippen LogP contribution is -2.33. The molecule has 0 saturated heterocycles. The van der Waals surface area contributed by atoms with Gasteiger partial charge in [0.1, 0.15) is 0 Å². The summed E-state index contributed by atoms with van der Waals surface area (Å²) in [5.74, 6) is 0.568. The first-order valence-electron chi connectivity index (χ1n) is 6.85. The lowest BCUT2D eigenvalue weighted by Gasteiger charge is -2.37. The molecule has 100 valence electrons. The summed E-state index contributed by atoms with van der Waals surface area (Å²) in [6.45, 7) is 3.24. The summed E-state index contributed by atoms with van der Waals surface area (Å²) in [6.07, 6.45) is 2.31. The van der Waals surface area contributed by atoms with Crippen LogP contribution < -0.4 is 5.32 Å². The van der Waals surface area contributed by atoms with Crippen molar-refractivity contribution in [1.82, 2.24) is 5.32 Å². The predicted octanol–water partition coefficient (Wildman–Crippen LogP) is 4.78. The molecule has 1 aromatic heterocycles. The molecule has 2 atom stereocenters. The molecule has 1 aliphatic rings. The van der Waals surface area contributed by atoms with Crippen molar-refractivity contribution in [3.63, 3.8) is 0 Å². The number of nitrogens with one attached hydrogen (secondary N) is 1. The molecule has 1 aromatic carbocycles. The van der Waals surface area contributed by atoms with E-state index in [9.17, 15) is 0 Å². The van der Waals surface area contributed by atoms with E-state index < -0.39 is 0 Å². The number of hydrogen-bond acceptors (Lipinski definition) is 2. The summed E-state index contributed by atoms with van der Waals surface area (Å²) in [6, 6.07) is 11.1. The van der Waals surface area contributed by atoms with Crippen LogP contribution in [-0.2, 0) is 6.42 Å². The number of rotatable bonds is 5. The largest absolute Gasteiger partial charge is 0.309 e. The first-order valence-corrected chi connectivity index (χ1v) is 8.11. The number of halogens is 1. The molecule has 3 heteroatoms. The van der Waals surface area contributed by atoms with Crippen LogP contribution in [0.15, 0.2) is 35.7 Å². The smallest absolute Gasteiger partial charge is 0.0561 e. The molecule has 1 aliphatic carbocycles. The van der Waals surface area contributed by atoms with E-state index in [2.05, 4.69) is 41.9 Å². The van der Waals surface area contributed by atoms with Crippen molar-refractivity contribution in [3.8, 4) is 0 Å². The van der Waals surface area contributed by atoms with Gasteiger partial charge in [-0.1, -0.05) is 42.8 Å². The standard InChI is InChI=1S/C16H18ClNS/c1-2-8-18-15(16-14(17)7-9-19-16)13-10-11-5-3-4-6-12(11)13/h3-7,9,13,15,18H,2,8,10H2,1H3. The van der Waals surface area contributed by atoms with Gasteiger partial charge in [-0.2, -0.15) is 0 Å². The fraction of sp³-hybridized carbons (Fsp3) is 0.375. The molecule has 1 nitrogen and oxygen atoms in total. The van der Waals surface area contributed by atoms with E-state index in [1.54, 1.807) is 11.3 Å². The van der Waals surface area contributed by atoms with E-state index in [1.807, 2.05) is 6.07 Å². The fourth-order valence-corrected chi connectivity index (χ4v) is 4.15. The Morgan fingerprint density at radius 2 is 2.21 bits per heavy atom. The number of fused-ring (bicyclic) bond motifs is 1. The van der Waals surface area contributed by atoms with Crippen LogP contribution in [0.3, 0.4) is 0 Å². The Hall–Kier alpha value is -0.830. The van der Waals surface area contributed by atoms with Crippen molar-refractivity contribution >= 4 is 22.9 Å². The van der Waals surface area contributed by atoms with Crippen LogP contribution in [0.1, 0.15) is 41.3 Å². The molecule has 1 N–H and O–H groups in total. The summed E-state index contributed by atoms with van der Waals surface area (Å²) >= 11 is 8.10. The minimum absolute atomic E-state index is 0.363. The van der Waals surface area contributed by atoms with Gasteiger partial charge in [-0.05, 0) is 42.0 Å². The van der Waals surface area contributed by atoms with E-state index in [-0.39, 0.29) is 0 Å². The zero-order valence-electron chi connectivity index (χ0n) is 11.0. The zero-order chi connectivity index (χ0) is 13.2. The number of thiophene rings is 1. The van der Waals surface area contributed by atoms with Crippen molar-refractivity contribution in [2.75, 3.05) is 6.54 Å². The molecule has 1 heterocycles. The van der Waals surface area contributed by atoms with Gasteiger partial charge in [0, 0.05) is 10.8 Å². The van der Waals surface area contributed by atoms with Gasteiger partial charge in [0.05, 0.1) is 11.1 Å². The molecule has 0 amide bonds. The molecule has 2 unspecified atom stereocenters. The normalized spacial score (nSPS) is 18.7. The third-order valence-electron chi connectivity index (χ3n) is 3.84. The highest BCUT2D eigenvalue weighted by atomic mass is 35.5. The Morgan fingerprint density at radius 1 is 1.37 bits per heavy atom. The zero-order valence-corrected chi connectivity index (χ0v) is 12.6. The Bertz CT molecular complexity index is 563. The number of benzene rings is 1. The predicted molar refractivity (Wildman–Crippen MR) is 83.3 cm³/mol. The van der Waals surface area contributed by atoms with E-state index >= 15 is 0 Å². The summed E-state index contributed by atoms with van der Waals surface area (Å²) in [5.41, 5.74) is 2.98. The monoisotopic (exact) mass is 291 g/mol. The molecule has 0 saturated carbocycles. The summed E-state index contributed by atoms with van der Waals surface area (Å²) in [7, 11) is 0. The van der Waals surface area contributed by atoms with Gasteiger partial charge in [-0.15, -0.1) is 11.3 Å². The highest BCUT2D eigenvalue weighted by Gasteiger charge is 2.34. The highest BCUT2D eigenvalue weighted by Crippen LogP contribution is 2.46. The molecular weight excluding hydrogens is 274 g/mol. The minimum Gasteiger partial charge on any atom is -0.309 e. The third-order valence-corrected chi connectivity index (χ3v) is 5.28. The van der Waals surface area contributed by atoms with Crippen LogP contribution in [-0.4, -0.2) is 6.54 Å². The number of hydrogen-bond donors (Lipinski definition) is 1. The maximum absolute atomic E-state index is 6.34. The van der Waals surface area contributed by atoms with Crippen molar-refractivity contribution in [3.05, 3.63) is 56.7 Å². The fourth-order valence-electron chi connectivity index (χ4n) is 2.84. The SMILES string of the molecule is CCCNC(c1sccc1Cl)C1Cc2ccccc21. The maximum Gasteiger partial charge on any atom is 0.0561 e. The van der Waals surface area contributed by atoms with Gasteiger partial charge in [0.2, 0.25) is 0 Å². The second kappa shape index (κ2) is 5.66. The molecule has 0 fully saturated rings. The van der Waals surface area contributed by atoms with Crippen molar-refractivity contribution in [2.24, 2.45) is 0 Å². The molecule has 19 heavy (non-hydrogen) atoms. The average Bonchev–Trinajstić information content (AvgIpc) is 2.81. The molecule has 0 radical (unpaired) electrons. The van der Waals surface area contributed by atoms with E-state index in [4.69, 9.17) is 11.6 Å². The van der Waals surface area contributed by atoms with Crippen LogP contribution >= 0.6 is 22.9 Å². The van der Waals surface area contributed by atoms with Gasteiger partial charge in [0.15, 0.2) is 0 Å². The first-order chi connectivity index (χ1) is 9.31. The van der Waals surface area contributed by atoms with E-state index in [0.29, 0.717) is 12.0 Å². The van der Waals surface area contributed by atoms with Crippen molar-refractivity contribution in [1.29, 1.82) is 0 Å². The van der Waals surface area contributed by atoms with Crippen LogP contribution in [0.5, 0.6) is 0 Å². The third kappa shape index (κ3) is 2.45. The van der Waals surface area contributed by atoms with Gasteiger partial charge >= 0.3 is 0 Å². The molecule has 3 rings (SSSR count). The Labute approximate surface area is 123 Å². The van der Waals surface area contributed by atoms with Crippen molar-refractivity contribution < 1.29 is 0 Å². The molecule has 0 spiro atoms. The van der Waals surface area contributed by atoms with E-state index in [1.165, 1.54) is 16.0 Å². The summed E-state index contributed by atoms with van der Waals surface area (Å²) < 4.78 is 0. The van der Waals surface area contributed by atoms with Crippen LogP contribution in [0, 0.1) is 0 Å². The van der Waals surface area contributed by atoms with Crippen LogP contribution in [0.2, 0.25) is 5.02 Å². The molecule has 2 aromatic rings. The summed E-state index contributed by atoms with van der Waals surface area (Å²) in [4.78, 5) is 1.29. The van der Waals surface area contributed by atoms with Crippen LogP contribution in [0.4, 0.5) is 0 Å². The highest BCUT2D eigenvalue weighted by molar-refractivity contribution is 7.10. The van der Waals surface area contributed by atoms with Crippen LogP contribution in [0.25, 0.3) is 0 Å². The lowest BCUT2D eigenvalue weighted by atomic mass is 9.73. The Kier molecular flexibility index (Phi) is 3.92.